The first-order valence-corrected chi connectivity index (χ1v) is 7.97. The van der Waals surface area contributed by atoms with E-state index in [2.05, 4.69) is 54.4 Å². The molecule has 21 heavy (non-hydrogen) atoms. The van der Waals surface area contributed by atoms with Crippen molar-refractivity contribution in [2.24, 2.45) is 0 Å². The Hall–Kier alpha value is -0.940. The third-order valence-electron chi connectivity index (χ3n) is 4.20. The van der Waals surface area contributed by atoms with Gasteiger partial charge in [0.25, 0.3) is 0 Å². The van der Waals surface area contributed by atoms with Crippen molar-refractivity contribution in [2.45, 2.75) is 45.0 Å². The summed E-state index contributed by atoms with van der Waals surface area (Å²) < 4.78 is 5.91. The van der Waals surface area contributed by atoms with Gasteiger partial charge in [-0.25, -0.2) is 0 Å². The molecule has 2 rings (SSSR count). The van der Waals surface area contributed by atoms with Crippen molar-refractivity contribution in [1.82, 2.24) is 10.2 Å². The zero-order valence-electron chi connectivity index (χ0n) is 13.2. The van der Waals surface area contributed by atoms with Crippen LogP contribution in [0.4, 0.5) is 0 Å². The fourth-order valence-corrected chi connectivity index (χ4v) is 2.80. The number of rotatable bonds is 7. The van der Waals surface area contributed by atoms with Gasteiger partial charge in [0.1, 0.15) is 0 Å². The fraction of sp³-hybridized carbons (Fsp3) is 0.647. The number of morpholine rings is 1. The molecule has 0 radical (unpaired) electrons. The monoisotopic (exact) mass is 292 g/mol. The summed E-state index contributed by atoms with van der Waals surface area (Å²) in [6.07, 6.45) is 1.12. The van der Waals surface area contributed by atoms with Crippen molar-refractivity contribution in [1.29, 1.82) is 0 Å². The fourth-order valence-electron chi connectivity index (χ4n) is 2.80. The summed E-state index contributed by atoms with van der Waals surface area (Å²) in [4.78, 5) is 2.45. The lowest BCUT2D eigenvalue weighted by molar-refractivity contribution is -0.0486. The highest BCUT2D eigenvalue weighted by Gasteiger charge is 2.26. The van der Waals surface area contributed by atoms with Crippen LogP contribution < -0.4 is 5.32 Å². The van der Waals surface area contributed by atoms with Gasteiger partial charge in [0, 0.05) is 31.7 Å². The molecule has 1 heterocycles. The SMILES string of the molecule is CCC(CO)NC(C)C1CN(Cc2ccccc2)CCO1. The van der Waals surface area contributed by atoms with Gasteiger partial charge in [-0.1, -0.05) is 37.3 Å². The molecule has 4 nitrogen and oxygen atoms in total. The Morgan fingerprint density at radius 3 is 2.81 bits per heavy atom. The normalized spacial score (nSPS) is 22.9. The average Bonchev–Trinajstić information content (AvgIpc) is 2.53. The van der Waals surface area contributed by atoms with Gasteiger partial charge in [0.2, 0.25) is 0 Å². The molecule has 0 amide bonds. The molecule has 3 unspecified atom stereocenters. The summed E-state index contributed by atoms with van der Waals surface area (Å²) in [5, 5.41) is 12.8. The van der Waals surface area contributed by atoms with E-state index in [1.807, 2.05) is 0 Å². The van der Waals surface area contributed by atoms with Crippen LogP contribution in [0.1, 0.15) is 25.8 Å². The first-order chi connectivity index (χ1) is 10.2. The maximum absolute atomic E-state index is 9.31. The Kier molecular flexibility index (Phi) is 6.64. The third kappa shape index (κ3) is 5.08. The smallest absolute Gasteiger partial charge is 0.0852 e. The Morgan fingerprint density at radius 2 is 2.14 bits per heavy atom. The zero-order valence-corrected chi connectivity index (χ0v) is 13.2. The number of ether oxygens (including phenoxy) is 1. The average molecular weight is 292 g/mol. The number of aliphatic hydroxyl groups is 1. The number of nitrogens with zero attached hydrogens (tertiary/aromatic N) is 1. The first-order valence-electron chi connectivity index (χ1n) is 7.97. The molecule has 118 valence electrons. The van der Waals surface area contributed by atoms with E-state index in [0.717, 1.165) is 32.7 Å². The highest BCUT2D eigenvalue weighted by molar-refractivity contribution is 5.14. The second-order valence-electron chi connectivity index (χ2n) is 5.87. The number of benzene rings is 1. The molecule has 1 aliphatic heterocycles. The van der Waals surface area contributed by atoms with Gasteiger partial charge in [-0.05, 0) is 18.9 Å². The molecule has 0 spiro atoms. The van der Waals surface area contributed by atoms with E-state index in [0.29, 0.717) is 0 Å². The van der Waals surface area contributed by atoms with E-state index in [1.165, 1.54) is 5.56 Å². The molecular weight excluding hydrogens is 264 g/mol. The maximum Gasteiger partial charge on any atom is 0.0852 e. The van der Waals surface area contributed by atoms with Crippen LogP contribution in [0.2, 0.25) is 0 Å². The van der Waals surface area contributed by atoms with E-state index in [9.17, 15) is 5.11 Å². The van der Waals surface area contributed by atoms with Crippen LogP contribution in [0.3, 0.4) is 0 Å². The van der Waals surface area contributed by atoms with Gasteiger partial charge in [0.15, 0.2) is 0 Å². The molecule has 1 aromatic rings. The number of hydrogen-bond donors (Lipinski definition) is 2. The van der Waals surface area contributed by atoms with Crippen LogP contribution in [0.15, 0.2) is 30.3 Å². The second kappa shape index (κ2) is 8.49. The molecule has 1 fully saturated rings. The molecular formula is C17H28N2O2. The van der Waals surface area contributed by atoms with Crippen LogP contribution in [-0.2, 0) is 11.3 Å². The van der Waals surface area contributed by atoms with Crippen molar-refractivity contribution < 1.29 is 9.84 Å². The van der Waals surface area contributed by atoms with Crippen molar-refractivity contribution in [3.05, 3.63) is 35.9 Å². The quantitative estimate of drug-likeness (QED) is 0.802. The predicted octanol–water partition coefficient (Wildman–Crippen LogP) is 1.64. The molecule has 1 aromatic carbocycles. The van der Waals surface area contributed by atoms with Gasteiger partial charge in [0.05, 0.1) is 19.3 Å². The Balaban J connectivity index is 1.85. The lowest BCUT2D eigenvalue weighted by atomic mass is 10.1. The molecule has 4 heteroatoms. The molecule has 0 aliphatic carbocycles. The van der Waals surface area contributed by atoms with Crippen LogP contribution >= 0.6 is 0 Å². The summed E-state index contributed by atoms with van der Waals surface area (Å²) in [5.74, 6) is 0. The van der Waals surface area contributed by atoms with Crippen LogP contribution in [-0.4, -0.2) is 54.5 Å². The predicted molar refractivity (Wildman–Crippen MR) is 85.2 cm³/mol. The molecule has 0 aromatic heterocycles. The highest BCUT2D eigenvalue weighted by atomic mass is 16.5. The molecule has 2 N–H and O–H groups in total. The summed E-state index contributed by atoms with van der Waals surface area (Å²) in [7, 11) is 0. The minimum Gasteiger partial charge on any atom is -0.395 e. The van der Waals surface area contributed by atoms with Crippen molar-refractivity contribution >= 4 is 0 Å². The Bertz CT molecular complexity index is 395. The summed E-state index contributed by atoms with van der Waals surface area (Å²) in [6, 6.07) is 11.0. The molecule has 3 atom stereocenters. The van der Waals surface area contributed by atoms with E-state index in [4.69, 9.17) is 4.74 Å². The topological polar surface area (TPSA) is 44.7 Å². The van der Waals surface area contributed by atoms with Gasteiger partial charge in [-0.3, -0.25) is 4.90 Å². The second-order valence-corrected chi connectivity index (χ2v) is 5.87. The summed E-state index contributed by atoms with van der Waals surface area (Å²) >= 11 is 0. The van der Waals surface area contributed by atoms with E-state index in [1.54, 1.807) is 0 Å². The largest absolute Gasteiger partial charge is 0.395 e. The number of aliphatic hydroxyl groups excluding tert-OH is 1. The maximum atomic E-state index is 9.31. The van der Waals surface area contributed by atoms with Crippen molar-refractivity contribution in [3.8, 4) is 0 Å². The number of nitrogens with one attached hydrogen (secondary N) is 1. The molecule has 0 bridgehead atoms. The highest BCUT2D eigenvalue weighted by Crippen LogP contribution is 2.13. The van der Waals surface area contributed by atoms with Gasteiger partial charge in [-0.2, -0.15) is 0 Å². The van der Waals surface area contributed by atoms with Gasteiger partial charge >= 0.3 is 0 Å². The summed E-state index contributed by atoms with van der Waals surface area (Å²) in [5.41, 5.74) is 1.35. The minimum absolute atomic E-state index is 0.160. The number of hydrogen-bond acceptors (Lipinski definition) is 4. The van der Waals surface area contributed by atoms with Crippen molar-refractivity contribution in [3.63, 3.8) is 0 Å². The first kappa shape index (κ1) is 16.4. The van der Waals surface area contributed by atoms with E-state index >= 15 is 0 Å². The molecule has 0 saturated carbocycles. The van der Waals surface area contributed by atoms with Gasteiger partial charge < -0.3 is 15.2 Å². The summed E-state index contributed by atoms with van der Waals surface area (Å²) in [6.45, 7) is 8.09. The lowest BCUT2D eigenvalue weighted by Gasteiger charge is -2.37. The molecule has 1 saturated heterocycles. The minimum atomic E-state index is 0.160. The van der Waals surface area contributed by atoms with Crippen LogP contribution in [0.25, 0.3) is 0 Å². The van der Waals surface area contributed by atoms with Crippen LogP contribution in [0, 0.1) is 0 Å². The van der Waals surface area contributed by atoms with E-state index < -0.39 is 0 Å². The lowest BCUT2D eigenvalue weighted by Crippen LogP contribution is -2.53. The van der Waals surface area contributed by atoms with E-state index in [-0.39, 0.29) is 24.8 Å². The third-order valence-corrected chi connectivity index (χ3v) is 4.20. The van der Waals surface area contributed by atoms with Crippen molar-refractivity contribution in [2.75, 3.05) is 26.3 Å². The molecule has 1 aliphatic rings. The Morgan fingerprint density at radius 1 is 1.38 bits per heavy atom. The zero-order chi connectivity index (χ0) is 15.1. The van der Waals surface area contributed by atoms with Crippen LogP contribution in [0.5, 0.6) is 0 Å². The Labute approximate surface area is 128 Å². The standard InChI is InChI=1S/C17H28N2O2/c1-3-16(13-20)18-14(2)17-12-19(9-10-21-17)11-15-7-5-4-6-8-15/h4-8,14,16-18,20H,3,9-13H2,1-2H3. The van der Waals surface area contributed by atoms with Gasteiger partial charge in [-0.15, -0.1) is 0 Å².